The maximum absolute atomic E-state index is 13.8. The summed E-state index contributed by atoms with van der Waals surface area (Å²) in [6.07, 6.45) is 6.84. The van der Waals surface area contributed by atoms with Crippen molar-refractivity contribution in [3.63, 3.8) is 0 Å². The third-order valence-corrected chi connectivity index (χ3v) is 8.12. The molecule has 2 bridgehead atoms. The van der Waals surface area contributed by atoms with E-state index in [1.807, 2.05) is 42.5 Å². The molecule has 6 heteroatoms. The summed E-state index contributed by atoms with van der Waals surface area (Å²) in [7, 11) is 0. The van der Waals surface area contributed by atoms with E-state index in [1.54, 1.807) is 0 Å². The Balaban J connectivity index is 1.50. The molecular formula is C28H29BrN2O3. The Hall–Kier alpha value is -2.73. The topological polar surface area (TPSA) is 66.5 Å². The molecule has 1 heterocycles. The lowest BCUT2D eigenvalue weighted by Gasteiger charge is -2.28. The van der Waals surface area contributed by atoms with Crippen LogP contribution in [0.4, 0.5) is 5.69 Å². The number of fused-ring (bicyclic) bond motifs is 5. The van der Waals surface area contributed by atoms with Gasteiger partial charge >= 0.3 is 0 Å². The monoisotopic (exact) mass is 520 g/mol. The summed E-state index contributed by atoms with van der Waals surface area (Å²) in [6.45, 7) is 4.10. The minimum absolute atomic E-state index is 0.113. The van der Waals surface area contributed by atoms with Gasteiger partial charge in [0.1, 0.15) is 6.04 Å². The van der Waals surface area contributed by atoms with Crippen LogP contribution < -0.4 is 5.32 Å². The van der Waals surface area contributed by atoms with Crippen LogP contribution in [0, 0.1) is 23.7 Å². The fourth-order valence-electron chi connectivity index (χ4n) is 6.02. The molecule has 0 spiro atoms. The molecule has 3 aliphatic rings. The van der Waals surface area contributed by atoms with Gasteiger partial charge in [-0.05, 0) is 59.9 Å². The first-order valence-electron chi connectivity index (χ1n) is 12.1. The van der Waals surface area contributed by atoms with Crippen molar-refractivity contribution in [3.8, 4) is 0 Å². The average molecular weight is 521 g/mol. The Kier molecular flexibility index (Phi) is 6.19. The van der Waals surface area contributed by atoms with Crippen LogP contribution >= 0.6 is 15.9 Å². The number of imide groups is 1. The zero-order chi connectivity index (χ0) is 24.0. The van der Waals surface area contributed by atoms with Crippen molar-refractivity contribution in [1.82, 2.24) is 4.90 Å². The van der Waals surface area contributed by atoms with Gasteiger partial charge in [0.05, 0.1) is 11.8 Å². The highest BCUT2D eigenvalue weighted by molar-refractivity contribution is 9.10. The molecule has 0 aromatic heterocycles. The molecule has 1 saturated carbocycles. The number of carbonyl (C=O) groups is 3. The Bertz CT molecular complexity index is 1120. The van der Waals surface area contributed by atoms with Gasteiger partial charge in [-0.3, -0.25) is 19.3 Å². The fraction of sp³-hybridized carbons (Fsp3) is 0.393. The predicted molar refractivity (Wildman–Crippen MR) is 135 cm³/mol. The third-order valence-electron chi connectivity index (χ3n) is 7.67. The Morgan fingerprint density at radius 2 is 1.56 bits per heavy atom. The summed E-state index contributed by atoms with van der Waals surface area (Å²) in [4.78, 5) is 42.2. The smallest absolute Gasteiger partial charge is 0.248 e. The van der Waals surface area contributed by atoms with E-state index in [1.165, 1.54) is 4.90 Å². The first-order chi connectivity index (χ1) is 16.4. The van der Waals surface area contributed by atoms with Gasteiger partial charge in [0.15, 0.2) is 0 Å². The summed E-state index contributed by atoms with van der Waals surface area (Å²) in [5.41, 5.74) is 3.76. The van der Waals surface area contributed by atoms with Crippen LogP contribution in [0.5, 0.6) is 0 Å². The van der Waals surface area contributed by atoms with E-state index in [9.17, 15) is 14.4 Å². The molecular weight excluding hydrogens is 492 g/mol. The SMILES string of the molecule is CCc1cc(Br)cc(CC)c1NC(=O)[C@@H](Cc1ccccc1)N1C(=O)[C@@H]2[C@H](C1=O)[C@H]1C=C[C@H]2C1. The number of carbonyl (C=O) groups excluding carboxylic acids is 3. The van der Waals surface area contributed by atoms with Gasteiger partial charge in [0.2, 0.25) is 17.7 Å². The van der Waals surface area contributed by atoms with Crippen molar-refractivity contribution in [1.29, 1.82) is 0 Å². The molecule has 1 aliphatic heterocycles. The van der Waals surface area contributed by atoms with Crippen LogP contribution in [-0.4, -0.2) is 28.7 Å². The lowest BCUT2D eigenvalue weighted by molar-refractivity contribution is -0.147. The summed E-state index contributed by atoms with van der Waals surface area (Å²) in [5.74, 6) is -1.10. The number of benzene rings is 2. The van der Waals surface area contributed by atoms with Crippen molar-refractivity contribution < 1.29 is 14.4 Å². The quantitative estimate of drug-likeness (QED) is 0.415. The van der Waals surface area contributed by atoms with Crippen molar-refractivity contribution in [2.75, 3.05) is 5.32 Å². The largest absolute Gasteiger partial charge is 0.324 e. The Morgan fingerprint density at radius 1 is 1.00 bits per heavy atom. The molecule has 2 aliphatic carbocycles. The molecule has 2 aromatic rings. The van der Waals surface area contributed by atoms with Crippen LogP contribution in [0.1, 0.15) is 37.0 Å². The lowest BCUT2D eigenvalue weighted by Crippen LogP contribution is -2.49. The van der Waals surface area contributed by atoms with E-state index in [2.05, 4.69) is 47.2 Å². The molecule has 1 saturated heterocycles. The number of halogens is 1. The second kappa shape index (κ2) is 9.14. The first-order valence-corrected chi connectivity index (χ1v) is 12.9. The van der Waals surface area contributed by atoms with Crippen molar-refractivity contribution >= 4 is 39.3 Å². The van der Waals surface area contributed by atoms with Crippen molar-refractivity contribution in [2.24, 2.45) is 23.7 Å². The van der Waals surface area contributed by atoms with Gasteiger partial charge in [-0.1, -0.05) is 72.3 Å². The number of nitrogens with one attached hydrogen (secondary N) is 1. The maximum Gasteiger partial charge on any atom is 0.248 e. The summed E-state index contributed by atoms with van der Waals surface area (Å²) in [5, 5.41) is 3.13. The number of aryl methyl sites for hydroxylation is 2. The minimum atomic E-state index is -0.884. The molecule has 5 atom stereocenters. The summed E-state index contributed by atoms with van der Waals surface area (Å²) in [6, 6.07) is 12.8. The van der Waals surface area contributed by atoms with Crippen LogP contribution in [0.25, 0.3) is 0 Å². The Morgan fingerprint density at radius 3 is 2.09 bits per heavy atom. The minimum Gasteiger partial charge on any atom is -0.324 e. The van der Waals surface area contributed by atoms with E-state index in [-0.39, 0.29) is 41.4 Å². The van der Waals surface area contributed by atoms with E-state index >= 15 is 0 Å². The molecule has 2 aromatic carbocycles. The molecule has 34 heavy (non-hydrogen) atoms. The Labute approximate surface area is 208 Å². The second-order valence-corrected chi connectivity index (χ2v) is 10.5. The van der Waals surface area contributed by atoms with Gasteiger partial charge in [0, 0.05) is 16.6 Å². The van der Waals surface area contributed by atoms with Crippen LogP contribution in [-0.2, 0) is 33.6 Å². The fourth-order valence-corrected chi connectivity index (χ4v) is 6.57. The standard InChI is InChI=1S/C28H29BrN2O3/c1-3-17-14-21(29)15-18(4-2)25(17)30-26(32)22(12-16-8-6-5-7-9-16)31-27(33)23-19-10-11-20(13-19)24(23)28(31)34/h5-11,14-15,19-20,22-24H,3-4,12-13H2,1-2H3,(H,30,32)/t19-,20-,22+,23-,24+/m0/s1. The van der Waals surface area contributed by atoms with Crippen LogP contribution in [0.2, 0.25) is 0 Å². The summed E-state index contributed by atoms with van der Waals surface area (Å²) < 4.78 is 0.973. The van der Waals surface area contributed by atoms with Crippen LogP contribution in [0.15, 0.2) is 59.1 Å². The highest BCUT2D eigenvalue weighted by Crippen LogP contribution is 2.53. The number of rotatable bonds is 7. The van der Waals surface area contributed by atoms with Crippen molar-refractivity contribution in [3.05, 3.63) is 75.8 Å². The molecule has 0 unspecified atom stereocenters. The normalized spacial score (nSPS) is 25.7. The first kappa shape index (κ1) is 23.0. The molecule has 2 fully saturated rings. The van der Waals surface area contributed by atoms with Gasteiger partial charge in [-0.15, -0.1) is 0 Å². The highest BCUT2D eigenvalue weighted by atomic mass is 79.9. The number of hydrogen-bond acceptors (Lipinski definition) is 3. The number of amides is 3. The predicted octanol–water partition coefficient (Wildman–Crippen LogP) is 4.93. The zero-order valence-electron chi connectivity index (χ0n) is 19.5. The maximum atomic E-state index is 13.8. The van der Waals surface area contributed by atoms with E-state index in [0.717, 1.165) is 46.1 Å². The van der Waals surface area contributed by atoms with Crippen LogP contribution in [0.3, 0.4) is 0 Å². The number of likely N-dealkylation sites (tertiary alicyclic amines) is 1. The van der Waals surface area contributed by atoms with Crippen molar-refractivity contribution in [2.45, 2.75) is 45.6 Å². The summed E-state index contributed by atoms with van der Waals surface area (Å²) >= 11 is 3.57. The van der Waals surface area contributed by atoms with Gasteiger partial charge in [-0.2, -0.15) is 0 Å². The second-order valence-electron chi connectivity index (χ2n) is 9.55. The van der Waals surface area contributed by atoms with E-state index in [4.69, 9.17) is 0 Å². The number of hydrogen-bond donors (Lipinski definition) is 1. The van der Waals surface area contributed by atoms with Gasteiger partial charge < -0.3 is 5.32 Å². The number of anilines is 1. The zero-order valence-corrected chi connectivity index (χ0v) is 21.0. The van der Waals surface area contributed by atoms with Gasteiger partial charge in [-0.25, -0.2) is 0 Å². The molecule has 3 amide bonds. The molecule has 176 valence electrons. The molecule has 0 radical (unpaired) electrons. The average Bonchev–Trinajstić information content (AvgIpc) is 3.53. The highest BCUT2D eigenvalue weighted by Gasteiger charge is 2.61. The number of allylic oxidation sites excluding steroid dienone is 2. The molecule has 5 nitrogen and oxygen atoms in total. The molecule has 5 rings (SSSR count). The molecule has 1 N–H and O–H groups in total. The number of nitrogens with zero attached hydrogens (tertiary/aromatic N) is 1. The van der Waals surface area contributed by atoms with Gasteiger partial charge in [0.25, 0.3) is 0 Å². The van der Waals surface area contributed by atoms with E-state index in [0.29, 0.717) is 6.42 Å². The van der Waals surface area contributed by atoms with E-state index < -0.39 is 6.04 Å². The lowest BCUT2D eigenvalue weighted by atomic mass is 9.85. The third kappa shape index (κ3) is 3.82.